The number of aromatic carboxylic acids is 1. The van der Waals surface area contributed by atoms with Crippen LogP contribution in [0, 0.1) is 0 Å². The zero-order valence-electron chi connectivity index (χ0n) is 11.7. The molecule has 2 aromatic rings. The van der Waals surface area contributed by atoms with Crippen molar-refractivity contribution >= 4 is 17.7 Å². The molecule has 21 heavy (non-hydrogen) atoms. The van der Waals surface area contributed by atoms with E-state index < -0.39 is 5.97 Å². The lowest BCUT2D eigenvalue weighted by Crippen LogP contribution is -2.16. The van der Waals surface area contributed by atoms with E-state index in [1.54, 1.807) is 42.6 Å². The number of nitrogens with one attached hydrogen (secondary N) is 1. The lowest BCUT2D eigenvalue weighted by Gasteiger charge is -2.09. The Labute approximate surface area is 122 Å². The summed E-state index contributed by atoms with van der Waals surface area (Å²) in [6, 6.07) is 10.1. The fourth-order valence-electron chi connectivity index (χ4n) is 2.07. The highest BCUT2D eigenvalue weighted by atomic mass is 16.4. The highest BCUT2D eigenvalue weighted by Gasteiger charge is 2.11. The van der Waals surface area contributed by atoms with Crippen LogP contribution in [0.15, 0.2) is 42.6 Å². The molecule has 0 saturated heterocycles. The SMILES string of the molecule is CCc1ccc(C(=O)O)cc1CC(=O)Nc1ccccn1. The van der Waals surface area contributed by atoms with Crippen LogP contribution in [0.25, 0.3) is 0 Å². The Balaban J connectivity index is 2.16. The van der Waals surface area contributed by atoms with Crippen molar-refractivity contribution in [3.63, 3.8) is 0 Å². The average Bonchev–Trinajstić information content (AvgIpc) is 2.48. The third-order valence-electron chi connectivity index (χ3n) is 3.12. The second-order valence-electron chi connectivity index (χ2n) is 4.58. The van der Waals surface area contributed by atoms with Crippen LogP contribution in [0.1, 0.15) is 28.4 Å². The Hall–Kier alpha value is -2.69. The fourth-order valence-corrected chi connectivity index (χ4v) is 2.07. The Kier molecular flexibility index (Phi) is 4.66. The summed E-state index contributed by atoms with van der Waals surface area (Å²) in [7, 11) is 0. The number of carboxylic acids is 1. The number of amides is 1. The van der Waals surface area contributed by atoms with Gasteiger partial charge in [0.05, 0.1) is 12.0 Å². The molecule has 2 N–H and O–H groups in total. The van der Waals surface area contributed by atoms with Crippen molar-refractivity contribution in [3.05, 3.63) is 59.3 Å². The maximum Gasteiger partial charge on any atom is 0.335 e. The molecule has 0 radical (unpaired) electrons. The lowest BCUT2D eigenvalue weighted by molar-refractivity contribution is -0.115. The largest absolute Gasteiger partial charge is 0.478 e. The molecule has 0 atom stereocenters. The van der Waals surface area contributed by atoms with Crippen LogP contribution in [0.2, 0.25) is 0 Å². The summed E-state index contributed by atoms with van der Waals surface area (Å²) >= 11 is 0. The first kappa shape index (κ1) is 14.7. The minimum atomic E-state index is -0.996. The van der Waals surface area contributed by atoms with Gasteiger partial charge in [-0.1, -0.05) is 19.1 Å². The Morgan fingerprint density at radius 1 is 1.19 bits per heavy atom. The molecule has 5 nitrogen and oxygen atoms in total. The van der Waals surface area contributed by atoms with Gasteiger partial charge in [0.25, 0.3) is 0 Å². The molecule has 5 heteroatoms. The number of aryl methyl sites for hydroxylation is 1. The van der Waals surface area contributed by atoms with Gasteiger partial charge in [0.15, 0.2) is 0 Å². The van der Waals surface area contributed by atoms with Crippen LogP contribution in [0.3, 0.4) is 0 Å². The van der Waals surface area contributed by atoms with Gasteiger partial charge in [0.2, 0.25) is 5.91 Å². The lowest BCUT2D eigenvalue weighted by atomic mass is 9.99. The number of carbonyl (C=O) groups is 2. The molecule has 0 unspecified atom stereocenters. The second kappa shape index (κ2) is 6.65. The van der Waals surface area contributed by atoms with Gasteiger partial charge in [0.1, 0.15) is 5.82 Å². The summed E-state index contributed by atoms with van der Waals surface area (Å²) in [6.07, 6.45) is 2.46. The minimum absolute atomic E-state index is 0.126. The van der Waals surface area contributed by atoms with E-state index in [-0.39, 0.29) is 17.9 Å². The number of carboxylic acid groups (broad SMARTS) is 1. The zero-order valence-corrected chi connectivity index (χ0v) is 11.7. The highest BCUT2D eigenvalue weighted by molar-refractivity contribution is 5.92. The molecule has 1 aromatic carbocycles. The first-order valence-corrected chi connectivity index (χ1v) is 6.66. The maximum absolute atomic E-state index is 12.0. The van der Waals surface area contributed by atoms with Gasteiger partial charge in [-0.3, -0.25) is 4.79 Å². The van der Waals surface area contributed by atoms with Gasteiger partial charge in [-0.25, -0.2) is 9.78 Å². The number of pyridine rings is 1. The maximum atomic E-state index is 12.0. The molecular formula is C16H16N2O3. The molecule has 0 spiro atoms. The summed E-state index contributed by atoms with van der Waals surface area (Å²) in [5, 5.41) is 11.7. The number of anilines is 1. The predicted molar refractivity (Wildman–Crippen MR) is 79.4 cm³/mol. The summed E-state index contributed by atoms with van der Waals surface area (Å²) in [4.78, 5) is 27.1. The van der Waals surface area contributed by atoms with Crippen LogP contribution in [-0.2, 0) is 17.6 Å². The summed E-state index contributed by atoms with van der Waals surface area (Å²) in [5.41, 5.74) is 1.88. The Morgan fingerprint density at radius 2 is 2.00 bits per heavy atom. The monoisotopic (exact) mass is 284 g/mol. The van der Waals surface area contributed by atoms with Crippen LogP contribution >= 0.6 is 0 Å². The molecule has 0 aliphatic heterocycles. The molecule has 1 aromatic heterocycles. The van der Waals surface area contributed by atoms with E-state index in [0.29, 0.717) is 5.82 Å². The van der Waals surface area contributed by atoms with Gasteiger partial charge in [-0.15, -0.1) is 0 Å². The quantitative estimate of drug-likeness (QED) is 0.884. The van der Waals surface area contributed by atoms with Crippen molar-refractivity contribution in [2.75, 3.05) is 5.32 Å². The zero-order chi connectivity index (χ0) is 15.2. The standard InChI is InChI=1S/C16H16N2O3/c1-2-11-6-7-12(16(20)21)9-13(11)10-15(19)18-14-5-3-4-8-17-14/h3-9H,2,10H2,1H3,(H,20,21)(H,17,18,19). The molecule has 0 aliphatic carbocycles. The Morgan fingerprint density at radius 3 is 2.62 bits per heavy atom. The average molecular weight is 284 g/mol. The van der Waals surface area contributed by atoms with Crippen molar-refractivity contribution in [2.45, 2.75) is 19.8 Å². The van der Waals surface area contributed by atoms with E-state index in [4.69, 9.17) is 5.11 Å². The second-order valence-corrected chi connectivity index (χ2v) is 4.58. The number of hydrogen-bond donors (Lipinski definition) is 2. The highest BCUT2D eigenvalue weighted by Crippen LogP contribution is 2.15. The molecular weight excluding hydrogens is 268 g/mol. The first-order valence-electron chi connectivity index (χ1n) is 6.66. The van der Waals surface area contributed by atoms with E-state index in [0.717, 1.165) is 17.5 Å². The first-order chi connectivity index (χ1) is 10.1. The molecule has 0 saturated carbocycles. The van der Waals surface area contributed by atoms with Crippen molar-refractivity contribution in [3.8, 4) is 0 Å². The van der Waals surface area contributed by atoms with Crippen LogP contribution < -0.4 is 5.32 Å². The van der Waals surface area contributed by atoms with Crippen molar-refractivity contribution in [2.24, 2.45) is 0 Å². The van der Waals surface area contributed by atoms with Gasteiger partial charge in [0, 0.05) is 6.20 Å². The number of rotatable bonds is 5. The summed E-state index contributed by atoms with van der Waals surface area (Å²) in [6.45, 7) is 1.97. The van der Waals surface area contributed by atoms with Gasteiger partial charge < -0.3 is 10.4 Å². The predicted octanol–water partition coefficient (Wildman–Crippen LogP) is 2.52. The third-order valence-corrected chi connectivity index (χ3v) is 3.12. The molecule has 0 fully saturated rings. The van der Waals surface area contributed by atoms with E-state index in [1.807, 2.05) is 6.92 Å². The third kappa shape index (κ3) is 3.89. The van der Waals surface area contributed by atoms with E-state index >= 15 is 0 Å². The van der Waals surface area contributed by atoms with E-state index in [1.165, 1.54) is 0 Å². The van der Waals surface area contributed by atoms with E-state index in [2.05, 4.69) is 10.3 Å². The molecule has 108 valence electrons. The molecule has 1 heterocycles. The van der Waals surface area contributed by atoms with Crippen molar-refractivity contribution < 1.29 is 14.7 Å². The summed E-state index contributed by atoms with van der Waals surface area (Å²) in [5.74, 6) is -0.732. The van der Waals surface area contributed by atoms with Gasteiger partial charge >= 0.3 is 5.97 Å². The van der Waals surface area contributed by atoms with Crippen molar-refractivity contribution in [1.82, 2.24) is 4.98 Å². The number of nitrogens with zero attached hydrogens (tertiary/aromatic N) is 1. The van der Waals surface area contributed by atoms with Crippen molar-refractivity contribution in [1.29, 1.82) is 0 Å². The molecule has 2 rings (SSSR count). The number of aromatic nitrogens is 1. The van der Waals surface area contributed by atoms with Crippen LogP contribution in [0.5, 0.6) is 0 Å². The van der Waals surface area contributed by atoms with Crippen LogP contribution in [0.4, 0.5) is 5.82 Å². The van der Waals surface area contributed by atoms with Crippen LogP contribution in [-0.4, -0.2) is 22.0 Å². The Bertz CT molecular complexity index is 654. The normalized spacial score (nSPS) is 10.1. The van der Waals surface area contributed by atoms with Gasteiger partial charge in [-0.2, -0.15) is 0 Å². The molecule has 1 amide bonds. The van der Waals surface area contributed by atoms with Gasteiger partial charge in [-0.05, 0) is 41.8 Å². The minimum Gasteiger partial charge on any atom is -0.478 e. The smallest absolute Gasteiger partial charge is 0.335 e. The number of hydrogen-bond acceptors (Lipinski definition) is 3. The van der Waals surface area contributed by atoms with E-state index in [9.17, 15) is 9.59 Å². The number of carbonyl (C=O) groups excluding carboxylic acids is 1. The fraction of sp³-hybridized carbons (Fsp3) is 0.188. The summed E-state index contributed by atoms with van der Waals surface area (Å²) < 4.78 is 0. The molecule has 0 bridgehead atoms. The number of benzene rings is 1. The molecule has 0 aliphatic rings. The topological polar surface area (TPSA) is 79.3 Å².